The maximum atomic E-state index is 11.6. The van der Waals surface area contributed by atoms with E-state index in [1.165, 1.54) is 4.90 Å². The Kier molecular flexibility index (Phi) is 7.54. The molecule has 0 aromatic rings. The van der Waals surface area contributed by atoms with Crippen LogP contribution in [0.2, 0.25) is 0 Å². The number of carboxylic acid groups (broad SMARTS) is 1. The van der Waals surface area contributed by atoms with E-state index in [1.807, 2.05) is 0 Å². The minimum atomic E-state index is -0.944. The number of amides is 1. The summed E-state index contributed by atoms with van der Waals surface area (Å²) in [4.78, 5) is 23.8. The van der Waals surface area contributed by atoms with Gasteiger partial charge in [-0.15, -0.1) is 0 Å². The molecule has 3 N–H and O–H groups in total. The van der Waals surface area contributed by atoms with Gasteiger partial charge in [0.1, 0.15) is 6.04 Å². The van der Waals surface area contributed by atoms with E-state index in [2.05, 4.69) is 0 Å². The smallest absolute Gasteiger partial charge is 0.326 e. The molecule has 0 aromatic heterocycles. The zero-order valence-electron chi connectivity index (χ0n) is 10.1. The lowest BCUT2D eigenvalue weighted by Gasteiger charge is -2.23. The number of carboxylic acids is 1. The van der Waals surface area contributed by atoms with Gasteiger partial charge in [0, 0.05) is 13.5 Å². The lowest BCUT2D eigenvalue weighted by Crippen LogP contribution is -2.41. The average Bonchev–Trinajstić information content (AvgIpc) is 2.24. The van der Waals surface area contributed by atoms with Crippen molar-refractivity contribution in [1.29, 1.82) is 0 Å². The normalized spacial score (nSPS) is 12.2. The van der Waals surface area contributed by atoms with Crippen molar-refractivity contribution >= 4 is 11.9 Å². The first-order valence-electron chi connectivity index (χ1n) is 5.73. The molecule has 16 heavy (non-hydrogen) atoms. The van der Waals surface area contributed by atoms with Crippen LogP contribution in [0, 0.1) is 0 Å². The molecule has 1 unspecified atom stereocenters. The molecule has 5 heteroatoms. The highest BCUT2D eigenvalue weighted by atomic mass is 16.4. The lowest BCUT2D eigenvalue weighted by molar-refractivity contribution is -0.149. The Morgan fingerprint density at radius 3 is 2.38 bits per heavy atom. The number of carbonyl (C=O) groups is 2. The number of unbranched alkanes of at least 4 members (excludes halogenated alkanes) is 2. The lowest BCUT2D eigenvalue weighted by atomic mass is 10.1. The third kappa shape index (κ3) is 5.11. The van der Waals surface area contributed by atoms with Gasteiger partial charge in [-0.2, -0.15) is 0 Å². The summed E-state index contributed by atoms with van der Waals surface area (Å²) in [5, 5.41) is 8.89. The highest BCUT2D eigenvalue weighted by Gasteiger charge is 2.23. The predicted molar refractivity (Wildman–Crippen MR) is 62.0 cm³/mol. The molecule has 1 amide bonds. The Labute approximate surface area is 96.6 Å². The molecule has 0 saturated heterocycles. The molecule has 0 radical (unpaired) electrons. The van der Waals surface area contributed by atoms with E-state index in [9.17, 15) is 9.59 Å². The fraction of sp³-hybridized carbons (Fsp3) is 0.818. The van der Waals surface area contributed by atoms with E-state index >= 15 is 0 Å². The number of aliphatic carboxylic acids is 1. The van der Waals surface area contributed by atoms with Crippen LogP contribution in [0.1, 0.15) is 39.0 Å². The molecule has 5 nitrogen and oxygen atoms in total. The van der Waals surface area contributed by atoms with Crippen LogP contribution in [0.3, 0.4) is 0 Å². The largest absolute Gasteiger partial charge is 0.480 e. The van der Waals surface area contributed by atoms with E-state index in [0.29, 0.717) is 19.4 Å². The van der Waals surface area contributed by atoms with Crippen LogP contribution >= 0.6 is 0 Å². The zero-order valence-corrected chi connectivity index (χ0v) is 10.1. The Hall–Kier alpha value is -1.10. The van der Waals surface area contributed by atoms with Crippen LogP contribution in [0.25, 0.3) is 0 Å². The average molecular weight is 230 g/mol. The Morgan fingerprint density at radius 1 is 1.31 bits per heavy atom. The van der Waals surface area contributed by atoms with Gasteiger partial charge in [-0.3, -0.25) is 4.79 Å². The molecule has 0 aliphatic heterocycles. The quantitative estimate of drug-likeness (QED) is 0.605. The standard InChI is InChI=1S/C11H22N2O3/c1-3-9(11(15)16)13(2)10(14)7-5-4-6-8-12/h9H,3-8,12H2,1-2H3,(H,15,16). The van der Waals surface area contributed by atoms with Crippen LogP contribution < -0.4 is 5.73 Å². The van der Waals surface area contributed by atoms with Gasteiger partial charge >= 0.3 is 5.97 Å². The minimum absolute atomic E-state index is 0.105. The van der Waals surface area contributed by atoms with Gasteiger partial charge in [-0.05, 0) is 25.8 Å². The number of nitrogens with two attached hydrogens (primary N) is 1. The highest BCUT2D eigenvalue weighted by Crippen LogP contribution is 2.07. The molecule has 94 valence electrons. The van der Waals surface area contributed by atoms with Gasteiger partial charge < -0.3 is 15.7 Å². The van der Waals surface area contributed by atoms with E-state index in [0.717, 1.165) is 19.3 Å². The monoisotopic (exact) mass is 230 g/mol. The first-order valence-corrected chi connectivity index (χ1v) is 5.73. The van der Waals surface area contributed by atoms with Crippen molar-refractivity contribution in [3.8, 4) is 0 Å². The van der Waals surface area contributed by atoms with Gasteiger partial charge in [0.15, 0.2) is 0 Å². The number of hydrogen-bond acceptors (Lipinski definition) is 3. The molecule has 0 rings (SSSR count). The molecule has 0 bridgehead atoms. The van der Waals surface area contributed by atoms with Crippen LogP contribution in [0.4, 0.5) is 0 Å². The zero-order chi connectivity index (χ0) is 12.6. The summed E-state index contributed by atoms with van der Waals surface area (Å²) in [6.07, 6.45) is 3.43. The fourth-order valence-electron chi connectivity index (χ4n) is 1.56. The summed E-state index contributed by atoms with van der Waals surface area (Å²) in [6, 6.07) is -0.706. The predicted octanol–water partition coefficient (Wildman–Crippen LogP) is 0.827. The SMILES string of the molecule is CCC(C(=O)O)N(C)C(=O)CCCCCN. The second kappa shape index (κ2) is 8.10. The third-order valence-corrected chi connectivity index (χ3v) is 2.63. The second-order valence-corrected chi connectivity index (χ2v) is 3.87. The molecule has 0 fully saturated rings. The van der Waals surface area contributed by atoms with Crippen molar-refractivity contribution in [2.75, 3.05) is 13.6 Å². The first kappa shape index (κ1) is 14.9. The number of rotatable bonds is 8. The summed E-state index contributed by atoms with van der Waals surface area (Å²) in [6.45, 7) is 2.40. The van der Waals surface area contributed by atoms with E-state index in [1.54, 1.807) is 14.0 Å². The number of nitrogens with zero attached hydrogens (tertiary/aromatic N) is 1. The number of likely N-dealkylation sites (N-methyl/N-ethyl adjacent to an activating group) is 1. The van der Waals surface area contributed by atoms with Gasteiger partial charge in [0.05, 0.1) is 0 Å². The Morgan fingerprint density at radius 2 is 1.94 bits per heavy atom. The Bertz CT molecular complexity index is 231. The highest BCUT2D eigenvalue weighted by molar-refractivity contribution is 5.83. The van der Waals surface area contributed by atoms with Crippen molar-refractivity contribution < 1.29 is 14.7 Å². The summed E-state index contributed by atoms with van der Waals surface area (Å²) in [5.74, 6) is -1.05. The Balaban J connectivity index is 4.01. The topological polar surface area (TPSA) is 83.6 Å². The molecule has 0 aliphatic rings. The molecule has 0 aliphatic carbocycles. The summed E-state index contributed by atoms with van der Waals surface area (Å²) in [7, 11) is 1.55. The number of carbonyl (C=O) groups excluding carboxylic acids is 1. The summed E-state index contributed by atoms with van der Waals surface area (Å²) >= 11 is 0. The first-order chi connectivity index (χ1) is 7.54. The van der Waals surface area contributed by atoms with Gasteiger partial charge in [-0.1, -0.05) is 13.3 Å². The van der Waals surface area contributed by atoms with Crippen LogP contribution in [0.15, 0.2) is 0 Å². The molecule has 0 saturated carbocycles. The van der Waals surface area contributed by atoms with Crippen molar-refractivity contribution in [3.63, 3.8) is 0 Å². The molecule has 0 heterocycles. The van der Waals surface area contributed by atoms with Crippen LogP contribution in [-0.2, 0) is 9.59 Å². The number of hydrogen-bond donors (Lipinski definition) is 2. The molecule has 0 aromatic carbocycles. The molecular weight excluding hydrogens is 208 g/mol. The fourth-order valence-corrected chi connectivity index (χ4v) is 1.56. The van der Waals surface area contributed by atoms with Gasteiger partial charge in [-0.25, -0.2) is 4.79 Å². The maximum Gasteiger partial charge on any atom is 0.326 e. The summed E-state index contributed by atoms with van der Waals surface area (Å²) < 4.78 is 0. The van der Waals surface area contributed by atoms with Crippen molar-refractivity contribution in [1.82, 2.24) is 4.90 Å². The third-order valence-electron chi connectivity index (χ3n) is 2.63. The molecular formula is C11H22N2O3. The van der Waals surface area contributed by atoms with Crippen LogP contribution in [-0.4, -0.2) is 41.5 Å². The van der Waals surface area contributed by atoms with Crippen molar-refractivity contribution in [2.24, 2.45) is 5.73 Å². The maximum absolute atomic E-state index is 11.6. The molecule has 0 spiro atoms. The van der Waals surface area contributed by atoms with Crippen LogP contribution in [0.5, 0.6) is 0 Å². The minimum Gasteiger partial charge on any atom is -0.480 e. The van der Waals surface area contributed by atoms with Crippen molar-refractivity contribution in [3.05, 3.63) is 0 Å². The molecule has 1 atom stereocenters. The van der Waals surface area contributed by atoms with E-state index < -0.39 is 12.0 Å². The van der Waals surface area contributed by atoms with Gasteiger partial charge in [0.2, 0.25) is 5.91 Å². The van der Waals surface area contributed by atoms with Gasteiger partial charge in [0.25, 0.3) is 0 Å². The summed E-state index contributed by atoms with van der Waals surface area (Å²) in [5.41, 5.74) is 5.34. The van der Waals surface area contributed by atoms with E-state index in [-0.39, 0.29) is 5.91 Å². The van der Waals surface area contributed by atoms with E-state index in [4.69, 9.17) is 10.8 Å². The second-order valence-electron chi connectivity index (χ2n) is 3.87. The van der Waals surface area contributed by atoms with Crippen molar-refractivity contribution in [2.45, 2.75) is 45.1 Å².